The maximum atomic E-state index is 11.6. The van der Waals surface area contributed by atoms with Crippen molar-refractivity contribution in [1.82, 2.24) is 10.2 Å². The molecule has 0 aromatic heterocycles. The molecule has 1 amide bonds. The van der Waals surface area contributed by atoms with Crippen molar-refractivity contribution in [2.75, 3.05) is 46.1 Å². The number of likely N-dealkylation sites (N-methyl/N-ethyl adjacent to an activating group) is 1. The lowest BCUT2D eigenvalue weighted by molar-refractivity contribution is -0.120. The second kappa shape index (κ2) is 8.50. The van der Waals surface area contributed by atoms with Crippen LogP contribution in [0.1, 0.15) is 5.56 Å². The number of nitrogen functional groups attached to an aromatic ring is 1. The molecule has 0 aliphatic carbocycles. The van der Waals surface area contributed by atoms with Crippen LogP contribution in [0.25, 0.3) is 0 Å². The summed E-state index contributed by atoms with van der Waals surface area (Å²) in [5.41, 5.74) is 7.26. The molecule has 0 saturated carbocycles. The van der Waals surface area contributed by atoms with E-state index in [1.54, 1.807) is 6.07 Å². The van der Waals surface area contributed by atoms with Gasteiger partial charge in [-0.15, -0.1) is 0 Å². The van der Waals surface area contributed by atoms with E-state index in [0.29, 0.717) is 31.9 Å². The average molecular weight is 265 g/mol. The summed E-state index contributed by atoms with van der Waals surface area (Å²) in [6, 6.07) is 7.36. The minimum atomic E-state index is -0.0122. The number of amides is 1. The molecule has 5 nitrogen and oxygen atoms in total. The molecule has 3 N–H and O–H groups in total. The molecule has 1 aromatic carbocycles. The molecule has 1 aromatic rings. The number of nitrogens with one attached hydrogen (secondary N) is 1. The number of carbonyl (C=O) groups is 1. The van der Waals surface area contributed by atoms with Crippen molar-refractivity contribution in [3.8, 4) is 0 Å². The van der Waals surface area contributed by atoms with Crippen molar-refractivity contribution in [3.63, 3.8) is 0 Å². The second-order valence-electron chi connectivity index (χ2n) is 4.69. The summed E-state index contributed by atoms with van der Waals surface area (Å²) in [5, 5.41) is 2.82. The van der Waals surface area contributed by atoms with Crippen molar-refractivity contribution in [2.24, 2.45) is 0 Å². The Morgan fingerprint density at radius 3 is 2.84 bits per heavy atom. The third-order valence-electron chi connectivity index (χ3n) is 2.57. The van der Waals surface area contributed by atoms with Crippen molar-refractivity contribution >= 4 is 11.6 Å². The highest BCUT2D eigenvalue weighted by molar-refractivity contribution is 5.78. The summed E-state index contributed by atoms with van der Waals surface area (Å²) in [6.45, 7) is 2.64. The van der Waals surface area contributed by atoms with E-state index in [0.717, 1.165) is 12.1 Å². The number of carbonyl (C=O) groups excluding carboxylic acids is 1. The number of hydrogen-bond donors (Lipinski definition) is 2. The largest absolute Gasteiger partial charge is 0.399 e. The van der Waals surface area contributed by atoms with Gasteiger partial charge in [-0.25, -0.2) is 0 Å². The molecule has 19 heavy (non-hydrogen) atoms. The fourth-order valence-corrected chi connectivity index (χ4v) is 1.56. The molecule has 5 heteroatoms. The van der Waals surface area contributed by atoms with Crippen molar-refractivity contribution in [1.29, 1.82) is 0 Å². The van der Waals surface area contributed by atoms with Gasteiger partial charge in [-0.1, -0.05) is 12.1 Å². The SMILES string of the molecule is CN(C)CCOCCNC(=O)Cc1cccc(N)c1. The Kier molecular flexibility index (Phi) is 6.92. The zero-order valence-electron chi connectivity index (χ0n) is 11.7. The van der Waals surface area contributed by atoms with Crippen LogP contribution in [0, 0.1) is 0 Å². The van der Waals surface area contributed by atoms with E-state index < -0.39 is 0 Å². The van der Waals surface area contributed by atoms with Gasteiger partial charge in [-0.3, -0.25) is 4.79 Å². The molecule has 106 valence electrons. The van der Waals surface area contributed by atoms with Gasteiger partial charge >= 0.3 is 0 Å². The summed E-state index contributed by atoms with van der Waals surface area (Å²) >= 11 is 0. The molecule has 0 fully saturated rings. The number of benzene rings is 1. The van der Waals surface area contributed by atoms with E-state index >= 15 is 0 Å². The third-order valence-corrected chi connectivity index (χ3v) is 2.57. The standard InChI is InChI=1S/C14H23N3O2/c1-17(2)7-9-19-8-6-16-14(18)11-12-4-3-5-13(15)10-12/h3-5,10H,6-9,11,15H2,1-2H3,(H,16,18). The van der Waals surface area contributed by atoms with E-state index in [9.17, 15) is 4.79 Å². The first-order valence-corrected chi connectivity index (χ1v) is 6.41. The van der Waals surface area contributed by atoms with Crippen molar-refractivity contribution < 1.29 is 9.53 Å². The molecular formula is C14H23N3O2. The number of ether oxygens (including phenoxy) is 1. The Morgan fingerprint density at radius 1 is 1.37 bits per heavy atom. The van der Waals surface area contributed by atoms with Gasteiger partial charge in [-0.2, -0.15) is 0 Å². The molecule has 0 radical (unpaired) electrons. The monoisotopic (exact) mass is 265 g/mol. The zero-order chi connectivity index (χ0) is 14.1. The van der Waals surface area contributed by atoms with Crippen LogP contribution in [0.4, 0.5) is 5.69 Å². The summed E-state index contributed by atoms with van der Waals surface area (Å²) < 4.78 is 5.39. The predicted octanol–water partition coefficient (Wildman–Crippen LogP) is 0.506. The Labute approximate surface area is 114 Å². The highest BCUT2D eigenvalue weighted by Crippen LogP contribution is 2.06. The maximum absolute atomic E-state index is 11.6. The van der Waals surface area contributed by atoms with Gasteiger partial charge in [0.25, 0.3) is 0 Å². The van der Waals surface area contributed by atoms with Gasteiger partial charge in [0.15, 0.2) is 0 Å². The van der Waals surface area contributed by atoms with Crippen LogP contribution in [-0.4, -0.2) is 51.2 Å². The second-order valence-corrected chi connectivity index (χ2v) is 4.69. The average Bonchev–Trinajstić information content (AvgIpc) is 2.33. The number of nitrogens with zero attached hydrogens (tertiary/aromatic N) is 1. The topological polar surface area (TPSA) is 67.6 Å². The summed E-state index contributed by atoms with van der Waals surface area (Å²) in [6.07, 6.45) is 0.350. The van der Waals surface area contributed by atoms with Crippen LogP contribution < -0.4 is 11.1 Å². The first-order valence-electron chi connectivity index (χ1n) is 6.41. The molecule has 0 atom stereocenters. The molecule has 0 heterocycles. The quantitative estimate of drug-likeness (QED) is 0.531. The lowest BCUT2D eigenvalue weighted by Gasteiger charge is -2.10. The van der Waals surface area contributed by atoms with Gasteiger partial charge in [-0.05, 0) is 31.8 Å². The minimum absolute atomic E-state index is 0.0122. The van der Waals surface area contributed by atoms with Gasteiger partial charge < -0.3 is 20.7 Å². The van der Waals surface area contributed by atoms with Gasteiger partial charge in [0.2, 0.25) is 5.91 Å². The zero-order valence-corrected chi connectivity index (χ0v) is 11.7. The van der Waals surface area contributed by atoms with Crippen LogP contribution >= 0.6 is 0 Å². The molecule has 1 rings (SSSR count). The highest BCUT2D eigenvalue weighted by atomic mass is 16.5. The molecule has 0 aliphatic rings. The highest BCUT2D eigenvalue weighted by Gasteiger charge is 2.02. The molecule has 0 spiro atoms. The molecule has 0 bridgehead atoms. The third kappa shape index (κ3) is 7.43. The number of nitrogens with two attached hydrogens (primary N) is 1. The van der Waals surface area contributed by atoms with Gasteiger partial charge in [0, 0.05) is 18.8 Å². The van der Waals surface area contributed by atoms with E-state index in [1.807, 2.05) is 32.3 Å². The van der Waals surface area contributed by atoms with Crippen molar-refractivity contribution in [3.05, 3.63) is 29.8 Å². The van der Waals surface area contributed by atoms with Gasteiger partial charge in [0.1, 0.15) is 0 Å². The van der Waals surface area contributed by atoms with Crippen LogP contribution in [-0.2, 0) is 16.0 Å². The molecular weight excluding hydrogens is 242 g/mol. The summed E-state index contributed by atoms with van der Waals surface area (Å²) in [5.74, 6) is -0.0122. The Balaban J connectivity index is 2.11. The normalized spacial score (nSPS) is 10.7. The fraction of sp³-hybridized carbons (Fsp3) is 0.500. The van der Waals surface area contributed by atoms with E-state index in [4.69, 9.17) is 10.5 Å². The smallest absolute Gasteiger partial charge is 0.224 e. The number of rotatable bonds is 8. The van der Waals surface area contributed by atoms with E-state index in [2.05, 4.69) is 10.2 Å². The Morgan fingerprint density at radius 2 is 2.16 bits per heavy atom. The Bertz CT molecular complexity index is 394. The summed E-state index contributed by atoms with van der Waals surface area (Å²) in [7, 11) is 3.99. The Hall–Kier alpha value is -1.59. The van der Waals surface area contributed by atoms with E-state index in [1.165, 1.54) is 0 Å². The van der Waals surface area contributed by atoms with Crippen LogP contribution in [0.5, 0.6) is 0 Å². The molecule has 0 aliphatic heterocycles. The lowest BCUT2D eigenvalue weighted by Crippen LogP contribution is -2.29. The lowest BCUT2D eigenvalue weighted by atomic mass is 10.1. The van der Waals surface area contributed by atoms with Crippen LogP contribution in [0.15, 0.2) is 24.3 Å². The maximum Gasteiger partial charge on any atom is 0.224 e. The van der Waals surface area contributed by atoms with E-state index in [-0.39, 0.29) is 5.91 Å². The van der Waals surface area contributed by atoms with Crippen LogP contribution in [0.2, 0.25) is 0 Å². The first kappa shape index (κ1) is 15.5. The van der Waals surface area contributed by atoms with Crippen LogP contribution in [0.3, 0.4) is 0 Å². The number of anilines is 1. The predicted molar refractivity (Wildman–Crippen MR) is 76.9 cm³/mol. The van der Waals surface area contributed by atoms with Crippen molar-refractivity contribution in [2.45, 2.75) is 6.42 Å². The molecule has 0 saturated heterocycles. The summed E-state index contributed by atoms with van der Waals surface area (Å²) in [4.78, 5) is 13.7. The fourth-order valence-electron chi connectivity index (χ4n) is 1.56. The van der Waals surface area contributed by atoms with Gasteiger partial charge in [0.05, 0.1) is 19.6 Å². The minimum Gasteiger partial charge on any atom is -0.399 e. The first-order chi connectivity index (χ1) is 9.08. The molecule has 0 unspecified atom stereocenters. The number of hydrogen-bond acceptors (Lipinski definition) is 4.